The van der Waals surface area contributed by atoms with E-state index in [1.54, 1.807) is 0 Å². The molecule has 0 amide bonds. The Bertz CT molecular complexity index is 343. The smallest absolute Gasteiger partial charge is 0.0950 e. The zero-order valence-electron chi connectivity index (χ0n) is 11.1. The number of hydrogen-bond acceptors (Lipinski definition) is 2. The van der Waals surface area contributed by atoms with Gasteiger partial charge in [-0.05, 0) is 37.6 Å². The van der Waals surface area contributed by atoms with Gasteiger partial charge in [-0.25, -0.2) is 4.98 Å². The van der Waals surface area contributed by atoms with E-state index in [0.29, 0.717) is 17.9 Å². The molecule has 3 heteroatoms. The summed E-state index contributed by atoms with van der Waals surface area (Å²) in [7, 11) is 0. The molecule has 0 saturated heterocycles. The molecule has 3 nitrogen and oxygen atoms in total. The fourth-order valence-electron chi connectivity index (χ4n) is 3.04. The monoisotopic (exact) mass is 235 g/mol. The van der Waals surface area contributed by atoms with Crippen LogP contribution < -0.4 is 5.73 Å². The number of imidazole rings is 1. The topological polar surface area (TPSA) is 43.8 Å². The summed E-state index contributed by atoms with van der Waals surface area (Å²) in [4.78, 5) is 4.34. The van der Waals surface area contributed by atoms with Gasteiger partial charge in [0.25, 0.3) is 0 Å². The quantitative estimate of drug-likeness (QED) is 0.872. The molecule has 96 valence electrons. The first kappa shape index (κ1) is 12.6. The fraction of sp³-hybridized carbons (Fsp3) is 0.786. The minimum Gasteiger partial charge on any atom is -0.331 e. The molecule has 2 atom stereocenters. The lowest BCUT2D eigenvalue weighted by molar-refractivity contribution is 0.240. The maximum absolute atomic E-state index is 5.92. The Morgan fingerprint density at radius 1 is 1.41 bits per heavy atom. The average molecular weight is 235 g/mol. The summed E-state index contributed by atoms with van der Waals surface area (Å²) in [6.45, 7) is 5.33. The summed E-state index contributed by atoms with van der Waals surface area (Å²) >= 11 is 0. The van der Waals surface area contributed by atoms with Crippen LogP contribution in [0.2, 0.25) is 0 Å². The van der Waals surface area contributed by atoms with Crippen LogP contribution in [0.3, 0.4) is 0 Å². The lowest BCUT2D eigenvalue weighted by atomic mass is 9.84. The van der Waals surface area contributed by atoms with E-state index in [1.165, 1.54) is 31.4 Å². The number of nitrogens with two attached hydrogens (primary N) is 1. The Morgan fingerprint density at radius 3 is 2.88 bits per heavy atom. The van der Waals surface area contributed by atoms with E-state index >= 15 is 0 Å². The SMILES string of the molecule is CC(C)Cc1cncn1C1CCCCC1CN. The molecule has 1 heterocycles. The minimum absolute atomic E-state index is 0.588. The standard InChI is InChI=1S/C14H25N3/c1-11(2)7-13-9-16-10-17(13)14-6-4-3-5-12(14)8-15/h9-12,14H,3-8,15H2,1-2H3. The zero-order chi connectivity index (χ0) is 12.3. The Labute approximate surface area is 104 Å². The highest BCUT2D eigenvalue weighted by atomic mass is 15.1. The van der Waals surface area contributed by atoms with Crippen LogP contribution in [-0.2, 0) is 6.42 Å². The second-order valence-corrected chi connectivity index (χ2v) is 5.74. The van der Waals surface area contributed by atoms with Crippen LogP contribution in [0.1, 0.15) is 51.3 Å². The van der Waals surface area contributed by atoms with Crippen LogP contribution in [0.4, 0.5) is 0 Å². The summed E-state index contributed by atoms with van der Waals surface area (Å²) in [5.74, 6) is 1.33. The first-order valence-electron chi connectivity index (χ1n) is 6.93. The van der Waals surface area contributed by atoms with Crippen molar-refractivity contribution < 1.29 is 0 Å². The van der Waals surface area contributed by atoms with Crippen LogP contribution in [0.15, 0.2) is 12.5 Å². The van der Waals surface area contributed by atoms with Gasteiger partial charge in [-0.15, -0.1) is 0 Å². The second kappa shape index (κ2) is 5.67. The summed E-state index contributed by atoms with van der Waals surface area (Å²) in [6.07, 6.45) is 10.4. The van der Waals surface area contributed by atoms with E-state index in [0.717, 1.165) is 13.0 Å². The van der Waals surface area contributed by atoms with Gasteiger partial charge in [0.15, 0.2) is 0 Å². The number of nitrogens with zero attached hydrogens (tertiary/aromatic N) is 2. The van der Waals surface area contributed by atoms with E-state index in [-0.39, 0.29) is 0 Å². The highest BCUT2D eigenvalue weighted by molar-refractivity contribution is 5.03. The fourth-order valence-corrected chi connectivity index (χ4v) is 3.04. The van der Waals surface area contributed by atoms with Crippen LogP contribution in [0.25, 0.3) is 0 Å². The van der Waals surface area contributed by atoms with E-state index < -0.39 is 0 Å². The van der Waals surface area contributed by atoms with Gasteiger partial charge in [-0.1, -0.05) is 26.7 Å². The molecule has 17 heavy (non-hydrogen) atoms. The lowest BCUT2D eigenvalue weighted by Crippen LogP contribution is -2.29. The molecule has 0 radical (unpaired) electrons. The van der Waals surface area contributed by atoms with Gasteiger partial charge < -0.3 is 10.3 Å². The van der Waals surface area contributed by atoms with Gasteiger partial charge in [0.1, 0.15) is 0 Å². The van der Waals surface area contributed by atoms with Crippen molar-refractivity contribution in [3.63, 3.8) is 0 Å². The number of aromatic nitrogens is 2. The van der Waals surface area contributed by atoms with Crippen molar-refractivity contribution in [3.05, 3.63) is 18.2 Å². The molecule has 1 fully saturated rings. The summed E-state index contributed by atoms with van der Waals surface area (Å²) in [5, 5.41) is 0. The molecule has 0 aliphatic heterocycles. The predicted octanol–water partition coefficient (Wildman–Crippen LogP) is 2.77. The van der Waals surface area contributed by atoms with Gasteiger partial charge in [-0.3, -0.25) is 0 Å². The second-order valence-electron chi connectivity index (χ2n) is 5.74. The predicted molar refractivity (Wildman–Crippen MR) is 70.8 cm³/mol. The van der Waals surface area contributed by atoms with Gasteiger partial charge in [0.2, 0.25) is 0 Å². The average Bonchev–Trinajstić information content (AvgIpc) is 2.76. The van der Waals surface area contributed by atoms with E-state index in [9.17, 15) is 0 Å². The molecule has 2 unspecified atom stereocenters. The molecule has 1 aromatic rings. The van der Waals surface area contributed by atoms with Crippen LogP contribution in [0, 0.1) is 11.8 Å². The van der Waals surface area contributed by atoms with E-state index in [4.69, 9.17) is 5.73 Å². The highest BCUT2D eigenvalue weighted by Gasteiger charge is 2.26. The molecule has 0 bridgehead atoms. The van der Waals surface area contributed by atoms with Crippen molar-refractivity contribution in [1.82, 2.24) is 9.55 Å². The third-order valence-electron chi connectivity index (χ3n) is 3.89. The minimum atomic E-state index is 0.588. The third kappa shape index (κ3) is 2.89. The normalized spacial score (nSPS) is 25.4. The van der Waals surface area contributed by atoms with Gasteiger partial charge in [-0.2, -0.15) is 0 Å². The molecule has 1 saturated carbocycles. The molecule has 1 aliphatic carbocycles. The molecule has 2 rings (SSSR count). The van der Waals surface area contributed by atoms with Crippen molar-refractivity contribution in [2.45, 2.75) is 52.0 Å². The first-order chi connectivity index (χ1) is 8.22. The molecule has 0 aromatic carbocycles. The largest absolute Gasteiger partial charge is 0.331 e. The maximum atomic E-state index is 5.92. The molecule has 2 N–H and O–H groups in total. The maximum Gasteiger partial charge on any atom is 0.0950 e. The summed E-state index contributed by atoms with van der Waals surface area (Å²) < 4.78 is 2.40. The molecular formula is C14H25N3. The van der Waals surface area contributed by atoms with Crippen LogP contribution >= 0.6 is 0 Å². The molecule has 1 aliphatic rings. The van der Waals surface area contributed by atoms with Crippen LogP contribution in [-0.4, -0.2) is 16.1 Å². The highest BCUT2D eigenvalue weighted by Crippen LogP contribution is 2.34. The summed E-state index contributed by atoms with van der Waals surface area (Å²) in [5.41, 5.74) is 7.30. The first-order valence-corrected chi connectivity index (χ1v) is 6.93. The van der Waals surface area contributed by atoms with Crippen molar-refractivity contribution in [1.29, 1.82) is 0 Å². The Kier molecular flexibility index (Phi) is 4.21. The van der Waals surface area contributed by atoms with Gasteiger partial charge in [0.05, 0.1) is 6.33 Å². The molecule has 1 aromatic heterocycles. The third-order valence-corrected chi connectivity index (χ3v) is 3.89. The van der Waals surface area contributed by atoms with Gasteiger partial charge in [0, 0.05) is 17.9 Å². The lowest BCUT2D eigenvalue weighted by Gasteiger charge is -2.33. The van der Waals surface area contributed by atoms with Crippen molar-refractivity contribution in [2.24, 2.45) is 17.6 Å². The van der Waals surface area contributed by atoms with Crippen molar-refractivity contribution in [2.75, 3.05) is 6.54 Å². The number of hydrogen-bond donors (Lipinski definition) is 1. The molecule has 0 spiro atoms. The van der Waals surface area contributed by atoms with Crippen molar-refractivity contribution in [3.8, 4) is 0 Å². The Balaban J connectivity index is 2.16. The summed E-state index contributed by atoms with van der Waals surface area (Å²) in [6, 6.07) is 0.588. The van der Waals surface area contributed by atoms with Gasteiger partial charge >= 0.3 is 0 Å². The Hall–Kier alpha value is -0.830. The number of rotatable bonds is 4. The zero-order valence-corrected chi connectivity index (χ0v) is 11.1. The van der Waals surface area contributed by atoms with E-state index in [1.807, 2.05) is 12.5 Å². The Morgan fingerprint density at radius 2 is 2.18 bits per heavy atom. The molecular weight excluding hydrogens is 210 g/mol. The van der Waals surface area contributed by atoms with Crippen molar-refractivity contribution >= 4 is 0 Å². The van der Waals surface area contributed by atoms with Crippen LogP contribution in [0.5, 0.6) is 0 Å². The van der Waals surface area contributed by atoms with E-state index in [2.05, 4.69) is 23.4 Å².